The van der Waals surface area contributed by atoms with Crippen LogP contribution in [0, 0.1) is 0 Å². The van der Waals surface area contributed by atoms with Crippen LogP contribution in [-0.2, 0) is 21.1 Å². The number of nitrogens with one attached hydrogen (secondary N) is 1. The van der Waals surface area contributed by atoms with E-state index in [0.717, 1.165) is 11.8 Å². The van der Waals surface area contributed by atoms with Gasteiger partial charge in [0.25, 0.3) is 0 Å². The van der Waals surface area contributed by atoms with Crippen molar-refractivity contribution >= 4 is 27.1 Å². The number of carbonyl (C=O) groups is 1. The minimum atomic E-state index is -3.39. The highest BCUT2D eigenvalue weighted by Gasteiger charge is 2.14. The van der Waals surface area contributed by atoms with Crippen LogP contribution in [0.3, 0.4) is 0 Å². The molecule has 0 radical (unpaired) electrons. The second-order valence-corrected chi connectivity index (χ2v) is 6.72. The topological polar surface area (TPSA) is 89.3 Å². The number of nitrogen functional groups attached to an aromatic ring is 1. The van der Waals surface area contributed by atoms with Gasteiger partial charge in [0.05, 0.1) is 17.0 Å². The highest BCUT2D eigenvalue weighted by Crippen LogP contribution is 2.20. The Morgan fingerprint density at radius 3 is 2.52 bits per heavy atom. The van der Waals surface area contributed by atoms with Crippen LogP contribution in [0.1, 0.15) is 5.56 Å². The summed E-state index contributed by atoms with van der Waals surface area (Å²) in [5, 5.41) is 2.63. The predicted molar refractivity (Wildman–Crippen MR) is 82.7 cm³/mol. The van der Waals surface area contributed by atoms with E-state index < -0.39 is 9.84 Å². The molecule has 3 N–H and O–H groups in total. The van der Waals surface area contributed by atoms with Crippen LogP contribution in [0.5, 0.6) is 0 Å². The van der Waals surface area contributed by atoms with Gasteiger partial charge in [-0.1, -0.05) is 24.3 Å². The summed E-state index contributed by atoms with van der Waals surface area (Å²) in [4.78, 5) is 12.1. The van der Waals surface area contributed by atoms with Crippen molar-refractivity contribution in [3.05, 3.63) is 54.1 Å². The van der Waals surface area contributed by atoms with Gasteiger partial charge in [-0.05, 0) is 29.8 Å². The number of rotatable bonds is 4. The molecule has 2 aromatic rings. The highest BCUT2D eigenvalue weighted by molar-refractivity contribution is 7.90. The average molecular weight is 304 g/mol. The number of hydrogen-bond acceptors (Lipinski definition) is 4. The molecule has 110 valence electrons. The number of hydrogen-bond donors (Lipinski definition) is 2. The molecule has 0 aliphatic rings. The Morgan fingerprint density at radius 2 is 1.86 bits per heavy atom. The van der Waals surface area contributed by atoms with Gasteiger partial charge in [0.2, 0.25) is 5.91 Å². The van der Waals surface area contributed by atoms with E-state index in [9.17, 15) is 13.2 Å². The Kier molecular flexibility index (Phi) is 4.28. The molecule has 0 unspecified atom stereocenters. The van der Waals surface area contributed by atoms with Gasteiger partial charge in [0, 0.05) is 11.9 Å². The molecule has 0 spiro atoms. The molecule has 0 aliphatic carbocycles. The summed E-state index contributed by atoms with van der Waals surface area (Å²) in [5.41, 5.74) is 7.29. The van der Waals surface area contributed by atoms with Crippen molar-refractivity contribution in [3.8, 4) is 0 Å². The molecule has 0 aromatic heterocycles. The number of carbonyl (C=O) groups excluding carboxylic acids is 1. The van der Waals surface area contributed by atoms with Crippen LogP contribution in [0.4, 0.5) is 11.4 Å². The molecule has 5 nitrogen and oxygen atoms in total. The summed E-state index contributed by atoms with van der Waals surface area (Å²) in [6.07, 6.45) is 1.24. The van der Waals surface area contributed by atoms with E-state index in [1.54, 1.807) is 42.5 Å². The first kappa shape index (κ1) is 15.1. The smallest absolute Gasteiger partial charge is 0.228 e. The second kappa shape index (κ2) is 5.97. The summed E-state index contributed by atoms with van der Waals surface area (Å²) < 4.78 is 23.3. The Bertz CT molecular complexity index is 770. The first-order valence-electron chi connectivity index (χ1n) is 6.29. The Morgan fingerprint density at radius 1 is 1.14 bits per heavy atom. The van der Waals surface area contributed by atoms with Crippen molar-refractivity contribution in [1.29, 1.82) is 0 Å². The first-order valence-corrected chi connectivity index (χ1v) is 8.19. The lowest BCUT2D eigenvalue weighted by Crippen LogP contribution is -2.16. The zero-order valence-electron chi connectivity index (χ0n) is 11.5. The SMILES string of the molecule is CS(=O)(=O)c1ccccc1NC(=O)Cc1cccc(N)c1. The largest absolute Gasteiger partial charge is 0.399 e. The molecule has 0 fully saturated rings. The fraction of sp³-hybridized carbons (Fsp3) is 0.133. The second-order valence-electron chi connectivity index (χ2n) is 4.74. The predicted octanol–water partition coefficient (Wildman–Crippen LogP) is 1.85. The molecule has 0 heterocycles. The molecule has 0 saturated heterocycles. The molecule has 0 atom stereocenters. The van der Waals surface area contributed by atoms with E-state index in [4.69, 9.17) is 5.73 Å². The van der Waals surface area contributed by atoms with Crippen LogP contribution in [-0.4, -0.2) is 20.6 Å². The van der Waals surface area contributed by atoms with Crippen LogP contribution in [0.2, 0.25) is 0 Å². The Balaban J connectivity index is 2.17. The maximum absolute atomic E-state index is 12.0. The number of benzene rings is 2. The minimum Gasteiger partial charge on any atom is -0.399 e. The van der Waals surface area contributed by atoms with Gasteiger partial charge in [-0.3, -0.25) is 4.79 Å². The van der Waals surface area contributed by atoms with Gasteiger partial charge in [0.1, 0.15) is 0 Å². The Hall–Kier alpha value is -2.34. The lowest BCUT2D eigenvalue weighted by atomic mass is 10.1. The fourth-order valence-electron chi connectivity index (χ4n) is 1.98. The van der Waals surface area contributed by atoms with Crippen molar-refractivity contribution in [3.63, 3.8) is 0 Å². The van der Waals surface area contributed by atoms with Gasteiger partial charge in [-0.15, -0.1) is 0 Å². The monoisotopic (exact) mass is 304 g/mol. The normalized spacial score (nSPS) is 11.1. The molecule has 0 saturated carbocycles. The highest BCUT2D eigenvalue weighted by atomic mass is 32.2. The summed E-state index contributed by atoms with van der Waals surface area (Å²) in [5.74, 6) is -0.295. The van der Waals surface area contributed by atoms with Gasteiger partial charge < -0.3 is 11.1 Å². The standard InChI is InChI=1S/C15H16N2O3S/c1-21(19,20)14-8-3-2-7-13(14)17-15(18)10-11-5-4-6-12(16)9-11/h2-9H,10,16H2,1H3,(H,17,18). The molecule has 21 heavy (non-hydrogen) atoms. The average Bonchev–Trinajstić information content (AvgIpc) is 2.37. The van der Waals surface area contributed by atoms with E-state index in [2.05, 4.69) is 5.32 Å². The first-order chi connectivity index (χ1) is 9.86. The maximum atomic E-state index is 12.0. The van der Waals surface area contributed by atoms with E-state index >= 15 is 0 Å². The number of anilines is 2. The molecular weight excluding hydrogens is 288 g/mol. The molecule has 2 rings (SSSR count). The van der Waals surface area contributed by atoms with Crippen molar-refractivity contribution in [2.24, 2.45) is 0 Å². The zero-order chi connectivity index (χ0) is 15.5. The van der Waals surface area contributed by atoms with Gasteiger partial charge in [0.15, 0.2) is 9.84 Å². The minimum absolute atomic E-state index is 0.103. The summed E-state index contributed by atoms with van der Waals surface area (Å²) >= 11 is 0. The van der Waals surface area contributed by atoms with Gasteiger partial charge >= 0.3 is 0 Å². The number of sulfone groups is 1. The van der Waals surface area contributed by atoms with E-state index in [0.29, 0.717) is 5.69 Å². The lowest BCUT2D eigenvalue weighted by molar-refractivity contribution is -0.115. The summed E-state index contributed by atoms with van der Waals surface area (Å²) in [7, 11) is -3.39. The number of para-hydroxylation sites is 1. The quantitative estimate of drug-likeness (QED) is 0.844. The molecule has 6 heteroatoms. The van der Waals surface area contributed by atoms with Gasteiger partial charge in [-0.25, -0.2) is 8.42 Å². The van der Waals surface area contributed by atoms with E-state index in [1.807, 2.05) is 0 Å². The number of amides is 1. The zero-order valence-corrected chi connectivity index (χ0v) is 12.4. The van der Waals surface area contributed by atoms with E-state index in [1.165, 1.54) is 6.07 Å². The molecular formula is C15H16N2O3S. The molecule has 2 aromatic carbocycles. The summed E-state index contributed by atoms with van der Waals surface area (Å²) in [6, 6.07) is 13.3. The van der Waals surface area contributed by atoms with Crippen molar-refractivity contribution < 1.29 is 13.2 Å². The van der Waals surface area contributed by atoms with Crippen LogP contribution >= 0.6 is 0 Å². The van der Waals surface area contributed by atoms with Crippen LogP contribution < -0.4 is 11.1 Å². The van der Waals surface area contributed by atoms with Crippen molar-refractivity contribution in [2.45, 2.75) is 11.3 Å². The van der Waals surface area contributed by atoms with E-state index in [-0.39, 0.29) is 22.9 Å². The summed E-state index contributed by atoms with van der Waals surface area (Å²) in [6.45, 7) is 0. The maximum Gasteiger partial charge on any atom is 0.228 e. The third-order valence-electron chi connectivity index (χ3n) is 2.88. The Labute approximate surface area is 123 Å². The van der Waals surface area contributed by atoms with Crippen LogP contribution in [0.25, 0.3) is 0 Å². The third-order valence-corrected chi connectivity index (χ3v) is 4.03. The van der Waals surface area contributed by atoms with Gasteiger partial charge in [-0.2, -0.15) is 0 Å². The van der Waals surface area contributed by atoms with Crippen LogP contribution in [0.15, 0.2) is 53.4 Å². The van der Waals surface area contributed by atoms with Crippen molar-refractivity contribution in [2.75, 3.05) is 17.3 Å². The molecule has 0 aliphatic heterocycles. The molecule has 1 amide bonds. The number of nitrogens with two attached hydrogens (primary N) is 1. The fourth-order valence-corrected chi connectivity index (χ4v) is 2.82. The lowest BCUT2D eigenvalue weighted by Gasteiger charge is -2.10. The third kappa shape index (κ3) is 4.06. The molecule has 0 bridgehead atoms. The van der Waals surface area contributed by atoms with Crippen molar-refractivity contribution in [1.82, 2.24) is 0 Å².